The van der Waals surface area contributed by atoms with Crippen molar-refractivity contribution in [2.45, 2.75) is 38.9 Å². The number of rotatable bonds is 5. The lowest BCUT2D eigenvalue weighted by Gasteiger charge is -2.32. The summed E-state index contributed by atoms with van der Waals surface area (Å²) in [6.45, 7) is 8.32. The molecule has 41 heavy (non-hydrogen) atoms. The molecule has 0 bridgehead atoms. The summed E-state index contributed by atoms with van der Waals surface area (Å²) in [6, 6.07) is 42.1. The van der Waals surface area contributed by atoms with Crippen molar-refractivity contribution in [3.63, 3.8) is 0 Å². The van der Waals surface area contributed by atoms with E-state index in [9.17, 15) is 0 Å². The summed E-state index contributed by atoms with van der Waals surface area (Å²) in [4.78, 5) is 2.29. The first kappa shape index (κ1) is 25.6. The highest BCUT2D eigenvalue weighted by molar-refractivity contribution is 6.62. The fourth-order valence-corrected chi connectivity index (χ4v) is 5.61. The minimum Gasteiger partial charge on any atom is -0.454 e. The Balaban J connectivity index is 1.41. The lowest BCUT2D eigenvalue weighted by Crippen LogP contribution is -2.41. The zero-order valence-electron chi connectivity index (χ0n) is 23.8. The number of nitrogens with zero attached hydrogens (tertiary/aromatic N) is 1. The van der Waals surface area contributed by atoms with Gasteiger partial charge in [0.2, 0.25) is 0 Å². The molecule has 1 aliphatic heterocycles. The molecule has 1 saturated heterocycles. The lowest BCUT2D eigenvalue weighted by molar-refractivity contribution is 0.00578. The maximum atomic E-state index is 6.52. The maximum absolute atomic E-state index is 6.52. The number of benzene rings is 5. The SMILES string of the molecule is CC1(C)OB(c2ccc(N(c3ccccc3-c3ccccc3)c3cccc4c3oc3ccccc34)cc2)OC1(C)C. The zero-order chi connectivity index (χ0) is 28.2. The molecule has 1 aromatic heterocycles. The Morgan fingerprint density at radius 2 is 1.17 bits per heavy atom. The summed E-state index contributed by atoms with van der Waals surface area (Å²) >= 11 is 0. The number of hydrogen-bond acceptors (Lipinski definition) is 4. The lowest BCUT2D eigenvalue weighted by atomic mass is 9.79. The van der Waals surface area contributed by atoms with Gasteiger partial charge in [0.15, 0.2) is 5.58 Å². The van der Waals surface area contributed by atoms with Crippen LogP contribution in [0.1, 0.15) is 27.7 Å². The first-order chi connectivity index (χ1) is 19.8. The van der Waals surface area contributed by atoms with E-state index >= 15 is 0 Å². The highest BCUT2D eigenvalue weighted by Crippen LogP contribution is 2.45. The van der Waals surface area contributed by atoms with Gasteiger partial charge in [-0.15, -0.1) is 0 Å². The Morgan fingerprint density at radius 1 is 0.561 bits per heavy atom. The Hall–Kier alpha value is -4.32. The van der Waals surface area contributed by atoms with Crippen molar-refractivity contribution in [2.75, 3.05) is 4.90 Å². The van der Waals surface area contributed by atoms with Crippen molar-refractivity contribution in [3.8, 4) is 11.1 Å². The second kappa shape index (κ2) is 9.65. The van der Waals surface area contributed by atoms with Gasteiger partial charge in [0.25, 0.3) is 0 Å². The molecule has 0 atom stereocenters. The number of hydrogen-bond donors (Lipinski definition) is 0. The molecule has 0 N–H and O–H groups in total. The first-order valence-electron chi connectivity index (χ1n) is 14.1. The smallest absolute Gasteiger partial charge is 0.454 e. The van der Waals surface area contributed by atoms with Gasteiger partial charge in [-0.2, -0.15) is 0 Å². The molecule has 0 saturated carbocycles. The molecule has 5 heteroatoms. The summed E-state index contributed by atoms with van der Waals surface area (Å²) in [6.07, 6.45) is 0. The van der Waals surface area contributed by atoms with Gasteiger partial charge in [0.1, 0.15) is 5.58 Å². The number of para-hydroxylation sites is 3. The molecule has 6 aromatic rings. The molecule has 202 valence electrons. The molecule has 0 aliphatic carbocycles. The number of furan rings is 1. The predicted molar refractivity (Wildman–Crippen MR) is 170 cm³/mol. The van der Waals surface area contributed by atoms with E-state index in [1.54, 1.807) is 0 Å². The van der Waals surface area contributed by atoms with Crippen LogP contribution in [0.3, 0.4) is 0 Å². The van der Waals surface area contributed by atoms with E-state index in [1.165, 1.54) is 0 Å². The summed E-state index contributed by atoms with van der Waals surface area (Å²) in [5.41, 5.74) is 7.28. The van der Waals surface area contributed by atoms with Gasteiger partial charge in [-0.3, -0.25) is 0 Å². The minimum atomic E-state index is -0.419. The van der Waals surface area contributed by atoms with Crippen LogP contribution in [0.25, 0.3) is 33.1 Å². The van der Waals surface area contributed by atoms with Gasteiger partial charge in [0.05, 0.1) is 22.6 Å². The molecule has 7 rings (SSSR count). The molecule has 0 spiro atoms. The molecular weight excluding hydrogens is 505 g/mol. The topological polar surface area (TPSA) is 34.8 Å². The fraction of sp³-hybridized carbons (Fsp3) is 0.167. The average Bonchev–Trinajstić information content (AvgIpc) is 3.47. The maximum Gasteiger partial charge on any atom is 0.494 e. The van der Waals surface area contributed by atoms with Gasteiger partial charge >= 0.3 is 7.12 Å². The van der Waals surface area contributed by atoms with E-state index in [4.69, 9.17) is 13.7 Å². The third kappa shape index (κ3) is 4.33. The molecule has 0 amide bonds. The van der Waals surface area contributed by atoms with Crippen LogP contribution in [0.15, 0.2) is 126 Å². The van der Waals surface area contributed by atoms with Crippen LogP contribution in [-0.4, -0.2) is 18.3 Å². The van der Waals surface area contributed by atoms with E-state index in [1.807, 2.05) is 18.2 Å². The molecule has 1 fully saturated rings. The molecule has 0 radical (unpaired) electrons. The fourth-order valence-electron chi connectivity index (χ4n) is 5.61. The molecule has 1 aliphatic rings. The van der Waals surface area contributed by atoms with Gasteiger partial charge in [-0.25, -0.2) is 0 Å². The van der Waals surface area contributed by atoms with Gasteiger partial charge in [-0.05, 0) is 69.1 Å². The molecule has 2 heterocycles. The van der Waals surface area contributed by atoms with Crippen LogP contribution >= 0.6 is 0 Å². The minimum absolute atomic E-state index is 0.395. The Labute approximate surface area is 241 Å². The van der Waals surface area contributed by atoms with E-state index in [0.29, 0.717) is 0 Å². The van der Waals surface area contributed by atoms with Crippen LogP contribution in [0.5, 0.6) is 0 Å². The monoisotopic (exact) mass is 537 g/mol. The average molecular weight is 537 g/mol. The molecule has 4 nitrogen and oxygen atoms in total. The zero-order valence-corrected chi connectivity index (χ0v) is 23.8. The first-order valence-corrected chi connectivity index (χ1v) is 14.1. The number of anilines is 3. The highest BCUT2D eigenvalue weighted by atomic mass is 16.7. The highest BCUT2D eigenvalue weighted by Gasteiger charge is 2.51. The van der Waals surface area contributed by atoms with Crippen LogP contribution in [0.2, 0.25) is 0 Å². The Morgan fingerprint density at radius 3 is 1.93 bits per heavy atom. The molecular formula is C36H32BNO3. The van der Waals surface area contributed by atoms with Crippen LogP contribution in [0.4, 0.5) is 17.1 Å². The van der Waals surface area contributed by atoms with E-state index in [0.717, 1.165) is 55.6 Å². The summed E-state index contributed by atoms with van der Waals surface area (Å²) in [7, 11) is -0.419. The van der Waals surface area contributed by atoms with Crippen molar-refractivity contribution in [1.29, 1.82) is 0 Å². The molecule has 5 aromatic carbocycles. The predicted octanol–water partition coefficient (Wildman–Crippen LogP) is 9.02. The van der Waals surface area contributed by atoms with Crippen molar-refractivity contribution in [2.24, 2.45) is 0 Å². The van der Waals surface area contributed by atoms with E-state index in [-0.39, 0.29) is 0 Å². The Bertz CT molecular complexity index is 1840. The van der Waals surface area contributed by atoms with E-state index in [2.05, 4.69) is 136 Å². The standard InChI is InChI=1S/C36H32BNO3/c1-35(2)36(3,4)41-37(40-35)26-21-23-27(24-22-26)38(31-18-10-8-15-28(31)25-13-6-5-7-14-25)32-19-12-17-30-29-16-9-11-20-33(29)39-34(30)32/h5-24H,1-4H3. The van der Waals surface area contributed by atoms with Crippen molar-refractivity contribution < 1.29 is 13.7 Å². The van der Waals surface area contributed by atoms with Gasteiger partial charge in [-0.1, -0.05) is 91.0 Å². The van der Waals surface area contributed by atoms with Crippen molar-refractivity contribution in [1.82, 2.24) is 0 Å². The summed E-state index contributed by atoms with van der Waals surface area (Å²) in [5.74, 6) is 0. The normalized spacial score (nSPS) is 16.0. The van der Waals surface area contributed by atoms with Crippen LogP contribution < -0.4 is 10.4 Å². The second-order valence-corrected chi connectivity index (χ2v) is 11.7. The van der Waals surface area contributed by atoms with E-state index < -0.39 is 18.3 Å². The van der Waals surface area contributed by atoms with Gasteiger partial charge < -0.3 is 18.6 Å². The molecule has 0 unspecified atom stereocenters. The summed E-state index contributed by atoms with van der Waals surface area (Å²) < 4.78 is 19.2. The third-order valence-corrected chi connectivity index (χ3v) is 8.53. The van der Waals surface area contributed by atoms with Crippen molar-refractivity contribution >= 4 is 51.6 Å². The van der Waals surface area contributed by atoms with Crippen LogP contribution in [0, 0.1) is 0 Å². The van der Waals surface area contributed by atoms with Crippen LogP contribution in [-0.2, 0) is 9.31 Å². The number of fused-ring (bicyclic) bond motifs is 3. The Kier molecular flexibility index (Phi) is 6.04. The van der Waals surface area contributed by atoms with Crippen molar-refractivity contribution in [3.05, 3.63) is 121 Å². The second-order valence-electron chi connectivity index (χ2n) is 11.7. The quantitative estimate of drug-likeness (QED) is 0.206. The largest absolute Gasteiger partial charge is 0.494 e. The van der Waals surface area contributed by atoms with Gasteiger partial charge in [0, 0.05) is 22.0 Å². The third-order valence-electron chi connectivity index (χ3n) is 8.53. The summed E-state index contributed by atoms with van der Waals surface area (Å²) in [5, 5.41) is 2.20.